The highest BCUT2D eigenvalue weighted by Gasteiger charge is 2.16. The molecule has 0 atom stereocenters. The van der Waals surface area contributed by atoms with Crippen molar-refractivity contribution in [3.8, 4) is 0 Å². The molecular weight excluding hydrogens is 248 g/mol. The second kappa shape index (κ2) is 6.24. The van der Waals surface area contributed by atoms with Gasteiger partial charge in [0, 0.05) is 25.0 Å². The minimum atomic E-state index is -0.00889. The predicted octanol–water partition coefficient (Wildman–Crippen LogP) is 3.70. The third-order valence-corrected chi connectivity index (χ3v) is 3.25. The average Bonchev–Trinajstić information content (AvgIpc) is 2.47. The molecule has 2 rings (SSSR count). The van der Waals surface area contributed by atoms with Gasteiger partial charge in [-0.1, -0.05) is 29.8 Å². The van der Waals surface area contributed by atoms with Crippen LogP contribution in [0.25, 0.3) is 0 Å². The molecule has 1 N–H and O–H groups in total. The van der Waals surface area contributed by atoms with Gasteiger partial charge in [0.2, 0.25) is 0 Å². The van der Waals surface area contributed by atoms with Gasteiger partial charge in [-0.25, -0.2) is 0 Å². The summed E-state index contributed by atoms with van der Waals surface area (Å²) < 4.78 is 0. The van der Waals surface area contributed by atoms with Crippen LogP contribution in [0.1, 0.15) is 22.8 Å². The molecule has 1 amide bonds. The Kier molecular flexibility index (Phi) is 4.41. The molecule has 0 fully saturated rings. The Bertz CT molecular complexity index is 590. The number of amides is 1. The number of nitrogens with one attached hydrogen (secondary N) is 1. The lowest BCUT2D eigenvalue weighted by Crippen LogP contribution is -2.27. The van der Waals surface area contributed by atoms with Crippen molar-refractivity contribution in [3.05, 3.63) is 59.7 Å². The monoisotopic (exact) mass is 268 g/mol. The van der Waals surface area contributed by atoms with Crippen LogP contribution in [-0.2, 0) is 0 Å². The molecule has 3 nitrogen and oxygen atoms in total. The van der Waals surface area contributed by atoms with Gasteiger partial charge in [-0.05, 0) is 38.1 Å². The number of para-hydroxylation sites is 1. The van der Waals surface area contributed by atoms with Crippen molar-refractivity contribution >= 4 is 17.3 Å². The van der Waals surface area contributed by atoms with Gasteiger partial charge in [-0.3, -0.25) is 4.79 Å². The van der Waals surface area contributed by atoms with Gasteiger partial charge in [-0.2, -0.15) is 0 Å². The molecule has 0 spiro atoms. The number of aryl methyl sites for hydroxylation is 1. The fourth-order valence-electron chi connectivity index (χ4n) is 2.08. The average molecular weight is 268 g/mol. The zero-order valence-electron chi connectivity index (χ0n) is 12.2. The highest BCUT2D eigenvalue weighted by Crippen LogP contribution is 2.21. The van der Waals surface area contributed by atoms with Gasteiger partial charge < -0.3 is 10.2 Å². The van der Waals surface area contributed by atoms with E-state index in [1.165, 1.54) is 5.56 Å². The third-order valence-electron chi connectivity index (χ3n) is 3.25. The number of nitrogens with zero attached hydrogens (tertiary/aromatic N) is 1. The molecule has 0 bridgehead atoms. The van der Waals surface area contributed by atoms with Crippen LogP contribution in [0.5, 0.6) is 0 Å². The van der Waals surface area contributed by atoms with Crippen molar-refractivity contribution in [1.29, 1.82) is 0 Å². The van der Waals surface area contributed by atoms with Crippen LogP contribution in [0.15, 0.2) is 48.5 Å². The van der Waals surface area contributed by atoms with Crippen molar-refractivity contribution in [3.63, 3.8) is 0 Å². The van der Waals surface area contributed by atoms with Crippen LogP contribution in [0.3, 0.4) is 0 Å². The normalized spacial score (nSPS) is 10.2. The molecule has 0 unspecified atom stereocenters. The van der Waals surface area contributed by atoms with E-state index in [4.69, 9.17) is 0 Å². The Balaban J connectivity index is 2.29. The minimum Gasteiger partial charge on any atom is -0.385 e. The number of benzene rings is 2. The molecule has 2 aromatic rings. The summed E-state index contributed by atoms with van der Waals surface area (Å²) in [5.41, 5.74) is 3.64. The molecule has 0 heterocycles. The van der Waals surface area contributed by atoms with Gasteiger partial charge in [0.05, 0.1) is 5.56 Å². The molecule has 0 aliphatic heterocycles. The van der Waals surface area contributed by atoms with E-state index in [2.05, 4.69) is 5.32 Å². The first-order valence-corrected chi connectivity index (χ1v) is 6.81. The lowest BCUT2D eigenvalue weighted by atomic mass is 10.1. The molecule has 0 saturated heterocycles. The van der Waals surface area contributed by atoms with E-state index in [-0.39, 0.29) is 5.91 Å². The number of carbonyl (C=O) groups excluding carboxylic acids is 1. The predicted molar refractivity (Wildman–Crippen MR) is 84.5 cm³/mol. The minimum absolute atomic E-state index is 0.00889. The molecular formula is C17H20N2O. The van der Waals surface area contributed by atoms with Crippen molar-refractivity contribution < 1.29 is 4.79 Å². The number of hydrogen-bond acceptors (Lipinski definition) is 2. The van der Waals surface area contributed by atoms with Gasteiger partial charge in [0.25, 0.3) is 5.91 Å². The smallest absolute Gasteiger partial charge is 0.260 e. The standard InChI is InChI=1S/C17H20N2O/c1-4-18-16-8-6-5-7-15(16)17(20)19(3)14-11-9-13(2)10-12-14/h5-12,18H,4H2,1-3H3. The Hall–Kier alpha value is -2.29. The zero-order valence-corrected chi connectivity index (χ0v) is 12.2. The maximum absolute atomic E-state index is 12.6. The van der Waals surface area contributed by atoms with Crippen LogP contribution < -0.4 is 10.2 Å². The van der Waals surface area contributed by atoms with E-state index in [9.17, 15) is 4.79 Å². The van der Waals surface area contributed by atoms with Crippen molar-refractivity contribution in [1.82, 2.24) is 0 Å². The highest BCUT2D eigenvalue weighted by molar-refractivity contribution is 6.09. The summed E-state index contributed by atoms with van der Waals surface area (Å²) in [5, 5.41) is 3.22. The fraction of sp³-hybridized carbons (Fsp3) is 0.235. The summed E-state index contributed by atoms with van der Waals surface area (Å²) >= 11 is 0. The number of carbonyl (C=O) groups is 1. The van der Waals surface area contributed by atoms with E-state index in [0.29, 0.717) is 5.56 Å². The Morgan fingerprint density at radius 3 is 2.40 bits per heavy atom. The van der Waals surface area contributed by atoms with Gasteiger partial charge in [-0.15, -0.1) is 0 Å². The summed E-state index contributed by atoms with van der Waals surface area (Å²) in [6, 6.07) is 15.5. The quantitative estimate of drug-likeness (QED) is 0.917. The molecule has 3 heteroatoms. The van der Waals surface area contributed by atoms with E-state index in [0.717, 1.165) is 17.9 Å². The summed E-state index contributed by atoms with van der Waals surface area (Å²) in [4.78, 5) is 14.3. The van der Waals surface area contributed by atoms with Gasteiger partial charge in [0.15, 0.2) is 0 Å². The number of hydrogen-bond donors (Lipinski definition) is 1. The molecule has 2 aromatic carbocycles. The summed E-state index contributed by atoms with van der Waals surface area (Å²) in [7, 11) is 1.80. The maximum Gasteiger partial charge on any atom is 0.260 e. The SMILES string of the molecule is CCNc1ccccc1C(=O)N(C)c1ccc(C)cc1. The topological polar surface area (TPSA) is 32.3 Å². The number of anilines is 2. The Morgan fingerprint density at radius 2 is 1.75 bits per heavy atom. The van der Waals surface area contributed by atoms with Crippen molar-refractivity contribution in [2.45, 2.75) is 13.8 Å². The van der Waals surface area contributed by atoms with E-state index >= 15 is 0 Å². The van der Waals surface area contributed by atoms with E-state index < -0.39 is 0 Å². The lowest BCUT2D eigenvalue weighted by Gasteiger charge is -2.19. The molecule has 0 aromatic heterocycles. The Labute approximate surface area is 120 Å². The fourth-order valence-corrected chi connectivity index (χ4v) is 2.08. The molecule has 0 aliphatic rings. The largest absolute Gasteiger partial charge is 0.385 e. The lowest BCUT2D eigenvalue weighted by molar-refractivity contribution is 0.0994. The summed E-state index contributed by atoms with van der Waals surface area (Å²) in [6.45, 7) is 4.84. The Morgan fingerprint density at radius 1 is 1.10 bits per heavy atom. The number of rotatable bonds is 4. The van der Waals surface area contributed by atoms with Crippen LogP contribution in [-0.4, -0.2) is 19.5 Å². The molecule has 0 saturated carbocycles. The van der Waals surface area contributed by atoms with Gasteiger partial charge >= 0.3 is 0 Å². The first-order valence-electron chi connectivity index (χ1n) is 6.81. The van der Waals surface area contributed by atoms with E-state index in [1.807, 2.05) is 62.4 Å². The summed E-state index contributed by atoms with van der Waals surface area (Å²) in [5.74, 6) is -0.00889. The van der Waals surface area contributed by atoms with E-state index in [1.54, 1.807) is 11.9 Å². The maximum atomic E-state index is 12.6. The molecule has 20 heavy (non-hydrogen) atoms. The van der Waals surface area contributed by atoms with Crippen LogP contribution in [0.2, 0.25) is 0 Å². The second-order valence-corrected chi connectivity index (χ2v) is 4.78. The van der Waals surface area contributed by atoms with Crippen molar-refractivity contribution in [2.75, 3.05) is 23.8 Å². The zero-order chi connectivity index (χ0) is 14.5. The van der Waals surface area contributed by atoms with Crippen molar-refractivity contribution in [2.24, 2.45) is 0 Å². The molecule has 0 aliphatic carbocycles. The molecule has 104 valence electrons. The van der Waals surface area contributed by atoms with Crippen LogP contribution >= 0.6 is 0 Å². The third kappa shape index (κ3) is 2.99. The first kappa shape index (κ1) is 14.1. The highest BCUT2D eigenvalue weighted by atomic mass is 16.2. The van der Waals surface area contributed by atoms with Crippen LogP contribution in [0, 0.1) is 6.92 Å². The van der Waals surface area contributed by atoms with Crippen LogP contribution in [0.4, 0.5) is 11.4 Å². The summed E-state index contributed by atoms with van der Waals surface area (Å²) in [6.07, 6.45) is 0. The molecule has 0 radical (unpaired) electrons. The van der Waals surface area contributed by atoms with Gasteiger partial charge in [0.1, 0.15) is 0 Å². The second-order valence-electron chi connectivity index (χ2n) is 4.78. The first-order chi connectivity index (χ1) is 9.63.